The lowest BCUT2D eigenvalue weighted by atomic mass is 9.81. The zero-order valence-electron chi connectivity index (χ0n) is 11.9. The first kappa shape index (κ1) is 13.8. The second-order valence-electron chi connectivity index (χ2n) is 6.03. The molecule has 1 aromatic rings. The highest BCUT2D eigenvalue weighted by atomic mass is 19.1. The van der Waals surface area contributed by atoms with Gasteiger partial charge in [0, 0.05) is 25.1 Å². The van der Waals surface area contributed by atoms with E-state index in [9.17, 15) is 9.50 Å². The Labute approximate surface area is 119 Å². The molecule has 4 heteroatoms. The third-order valence-electron chi connectivity index (χ3n) is 4.53. The summed E-state index contributed by atoms with van der Waals surface area (Å²) in [7, 11) is 0. The van der Waals surface area contributed by atoms with Crippen molar-refractivity contribution < 1.29 is 14.2 Å². The number of piperidine rings is 1. The average Bonchev–Trinajstić information content (AvgIpc) is 2.43. The second kappa shape index (κ2) is 5.34. The maximum absolute atomic E-state index is 13.3. The highest BCUT2D eigenvalue weighted by Gasteiger charge is 2.42. The van der Waals surface area contributed by atoms with Crippen LogP contribution >= 0.6 is 0 Å². The Morgan fingerprint density at radius 1 is 1.40 bits per heavy atom. The fraction of sp³-hybridized carbons (Fsp3) is 0.625. The Hall–Kier alpha value is -1.13. The molecule has 2 aliphatic rings. The molecule has 0 saturated carbocycles. The second-order valence-corrected chi connectivity index (χ2v) is 6.03. The third kappa shape index (κ3) is 2.54. The molecule has 1 atom stereocenters. The van der Waals surface area contributed by atoms with Crippen molar-refractivity contribution in [2.24, 2.45) is 0 Å². The maximum atomic E-state index is 13.3. The number of likely N-dealkylation sites (tertiary alicyclic amines) is 1. The van der Waals surface area contributed by atoms with Crippen LogP contribution in [0.15, 0.2) is 18.2 Å². The Morgan fingerprint density at radius 3 is 2.85 bits per heavy atom. The average molecular weight is 279 g/mol. The van der Waals surface area contributed by atoms with Gasteiger partial charge < -0.3 is 14.7 Å². The van der Waals surface area contributed by atoms with E-state index >= 15 is 0 Å². The number of aliphatic hydroxyl groups excluding tert-OH is 1. The van der Waals surface area contributed by atoms with E-state index < -0.39 is 6.10 Å². The molecule has 1 unspecified atom stereocenters. The molecule has 0 amide bonds. The van der Waals surface area contributed by atoms with Crippen LogP contribution in [0.3, 0.4) is 0 Å². The van der Waals surface area contributed by atoms with Crippen molar-refractivity contribution in [3.05, 3.63) is 29.6 Å². The fourth-order valence-electron chi connectivity index (χ4n) is 3.42. The number of ether oxygens (including phenoxy) is 1. The zero-order chi connectivity index (χ0) is 14.2. The van der Waals surface area contributed by atoms with Crippen molar-refractivity contribution in [2.45, 2.75) is 44.3 Å². The monoisotopic (exact) mass is 279 g/mol. The predicted molar refractivity (Wildman–Crippen MR) is 75.3 cm³/mol. The van der Waals surface area contributed by atoms with Crippen LogP contribution in [-0.2, 0) is 0 Å². The lowest BCUT2D eigenvalue weighted by Crippen LogP contribution is -2.50. The van der Waals surface area contributed by atoms with Crippen LogP contribution in [0.2, 0.25) is 0 Å². The molecule has 3 rings (SSSR count). The van der Waals surface area contributed by atoms with Gasteiger partial charge in [-0.25, -0.2) is 4.39 Å². The summed E-state index contributed by atoms with van der Waals surface area (Å²) >= 11 is 0. The molecule has 1 aromatic carbocycles. The minimum atomic E-state index is -0.618. The molecule has 110 valence electrons. The summed E-state index contributed by atoms with van der Waals surface area (Å²) < 4.78 is 19.4. The lowest BCUT2D eigenvalue weighted by molar-refractivity contribution is -0.0539. The predicted octanol–water partition coefficient (Wildman–Crippen LogP) is 2.89. The van der Waals surface area contributed by atoms with Gasteiger partial charge >= 0.3 is 0 Å². The number of aliphatic hydroxyl groups is 1. The smallest absolute Gasteiger partial charge is 0.126 e. The van der Waals surface area contributed by atoms with Crippen molar-refractivity contribution >= 4 is 0 Å². The van der Waals surface area contributed by atoms with Gasteiger partial charge in [-0.3, -0.25) is 0 Å². The van der Waals surface area contributed by atoms with Gasteiger partial charge in [-0.15, -0.1) is 0 Å². The number of halogens is 1. The molecule has 1 saturated heterocycles. The molecule has 2 aliphatic heterocycles. The van der Waals surface area contributed by atoms with Gasteiger partial charge in [-0.05, 0) is 44.0 Å². The quantitative estimate of drug-likeness (QED) is 0.903. The normalized spacial score (nSPS) is 25.2. The Bertz CT molecular complexity index is 483. The number of benzene rings is 1. The summed E-state index contributed by atoms with van der Waals surface area (Å²) in [6, 6.07) is 4.43. The van der Waals surface area contributed by atoms with Crippen molar-refractivity contribution in [1.29, 1.82) is 0 Å². The van der Waals surface area contributed by atoms with E-state index in [0.29, 0.717) is 17.7 Å². The summed E-state index contributed by atoms with van der Waals surface area (Å²) in [6.07, 6.45) is 2.98. The molecule has 1 fully saturated rings. The summed E-state index contributed by atoms with van der Waals surface area (Å²) in [5, 5.41) is 10.3. The van der Waals surface area contributed by atoms with Crippen LogP contribution in [0.1, 0.15) is 44.3 Å². The zero-order valence-corrected chi connectivity index (χ0v) is 11.9. The van der Waals surface area contributed by atoms with Crippen LogP contribution in [-0.4, -0.2) is 35.2 Å². The van der Waals surface area contributed by atoms with E-state index in [0.717, 1.165) is 32.5 Å². The van der Waals surface area contributed by atoms with Crippen LogP contribution in [0.5, 0.6) is 5.75 Å². The van der Waals surface area contributed by atoms with Gasteiger partial charge in [0.1, 0.15) is 17.2 Å². The maximum Gasteiger partial charge on any atom is 0.126 e. The summed E-state index contributed by atoms with van der Waals surface area (Å²) in [4.78, 5) is 2.45. The first-order valence-corrected chi connectivity index (χ1v) is 7.51. The van der Waals surface area contributed by atoms with Gasteiger partial charge in [-0.2, -0.15) is 0 Å². The summed E-state index contributed by atoms with van der Waals surface area (Å²) in [5.74, 6) is 0.328. The van der Waals surface area contributed by atoms with E-state index in [1.165, 1.54) is 18.6 Å². The van der Waals surface area contributed by atoms with Crippen LogP contribution in [0.25, 0.3) is 0 Å². The number of hydrogen-bond donors (Lipinski definition) is 1. The van der Waals surface area contributed by atoms with E-state index in [2.05, 4.69) is 11.8 Å². The number of nitrogens with zero attached hydrogens (tertiary/aromatic N) is 1. The Kier molecular flexibility index (Phi) is 3.69. The molecule has 20 heavy (non-hydrogen) atoms. The van der Waals surface area contributed by atoms with Gasteiger partial charge in [0.2, 0.25) is 0 Å². The topological polar surface area (TPSA) is 32.7 Å². The standard InChI is InChI=1S/C16H22FNO2/c1-2-7-18-8-5-16(6-9-18)11-14(19)13-10-12(17)3-4-15(13)20-16/h3-4,10,14,19H,2,5-9,11H2,1H3. The van der Waals surface area contributed by atoms with Gasteiger partial charge in [-0.1, -0.05) is 6.92 Å². The third-order valence-corrected chi connectivity index (χ3v) is 4.53. The Morgan fingerprint density at radius 2 is 2.15 bits per heavy atom. The first-order valence-electron chi connectivity index (χ1n) is 7.51. The summed E-state index contributed by atoms with van der Waals surface area (Å²) in [6.45, 7) is 5.34. The summed E-state index contributed by atoms with van der Waals surface area (Å²) in [5.41, 5.74) is 0.320. The number of hydrogen-bond acceptors (Lipinski definition) is 3. The molecule has 0 radical (unpaired) electrons. The fourth-order valence-corrected chi connectivity index (χ4v) is 3.42. The molecule has 3 nitrogen and oxygen atoms in total. The van der Waals surface area contributed by atoms with Gasteiger partial charge in [0.15, 0.2) is 0 Å². The largest absolute Gasteiger partial charge is 0.487 e. The first-order chi connectivity index (χ1) is 9.62. The van der Waals surface area contributed by atoms with E-state index in [1.54, 1.807) is 6.07 Å². The molecular weight excluding hydrogens is 257 g/mol. The van der Waals surface area contributed by atoms with E-state index in [4.69, 9.17) is 4.74 Å². The van der Waals surface area contributed by atoms with Crippen molar-refractivity contribution in [1.82, 2.24) is 4.90 Å². The van der Waals surface area contributed by atoms with E-state index in [1.807, 2.05) is 0 Å². The van der Waals surface area contributed by atoms with Crippen molar-refractivity contribution in [3.8, 4) is 5.75 Å². The molecule has 2 heterocycles. The minimum absolute atomic E-state index is 0.269. The van der Waals surface area contributed by atoms with Crippen molar-refractivity contribution in [2.75, 3.05) is 19.6 Å². The molecule has 0 aromatic heterocycles. The molecule has 0 bridgehead atoms. The van der Waals surface area contributed by atoms with Crippen LogP contribution in [0.4, 0.5) is 4.39 Å². The van der Waals surface area contributed by atoms with Crippen LogP contribution in [0, 0.1) is 5.82 Å². The molecule has 1 spiro atoms. The molecular formula is C16H22FNO2. The van der Waals surface area contributed by atoms with Crippen molar-refractivity contribution in [3.63, 3.8) is 0 Å². The molecule has 1 N–H and O–H groups in total. The van der Waals surface area contributed by atoms with Gasteiger partial charge in [0.05, 0.1) is 6.10 Å². The lowest BCUT2D eigenvalue weighted by Gasteiger charge is -2.46. The SMILES string of the molecule is CCCN1CCC2(CC1)CC(O)c1cc(F)ccc1O2. The van der Waals surface area contributed by atoms with Gasteiger partial charge in [0.25, 0.3) is 0 Å². The highest BCUT2D eigenvalue weighted by molar-refractivity contribution is 5.38. The Balaban J connectivity index is 1.76. The number of fused-ring (bicyclic) bond motifs is 1. The number of rotatable bonds is 2. The molecule has 0 aliphatic carbocycles. The van der Waals surface area contributed by atoms with Crippen LogP contribution < -0.4 is 4.74 Å². The minimum Gasteiger partial charge on any atom is -0.487 e. The highest BCUT2D eigenvalue weighted by Crippen LogP contribution is 2.44. The van der Waals surface area contributed by atoms with E-state index in [-0.39, 0.29) is 11.4 Å².